The van der Waals surface area contributed by atoms with E-state index in [0.717, 1.165) is 21.2 Å². The third-order valence-electron chi connectivity index (χ3n) is 10.5. The van der Waals surface area contributed by atoms with Gasteiger partial charge in [0, 0.05) is 34.3 Å². The Morgan fingerprint density at radius 1 is 0.318 bits per heavy atom. The third kappa shape index (κ3) is 10.9. The maximum absolute atomic E-state index is 15.7. The molecule has 0 heterocycles. The van der Waals surface area contributed by atoms with Crippen LogP contribution in [0.2, 0.25) is 0 Å². The van der Waals surface area contributed by atoms with Crippen molar-refractivity contribution in [3.63, 3.8) is 0 Å². The number of hydrogen-bond donors (Lipinski definition) is 0. The molecule has 8 aromatic rings. The van der Waals surface area contributed by atoms with Gasteiger partial charge in [-0.1, -0.05) is 194 Å². The van der Waals surface area contributed by atoms with E-state index in [4.69, 9.17) is 27.1 Å². The van der Waals surface area contributed by atoms with Gasteiger partial charge in [-0.3, -0.25) is 9.34 Å². The predicted octanol–water partition coefficient (Wildman–Crippen LogP) is 12.9. The highest BCUT2D eigenvalue weighted by Crippen LogP contribution is 2.65. The molecular weight excluding hydrogens is 900 g/mol. The molecule has 66 heavy (non-hydrogen) atoms. The Morgan fingerprint density at radius 2 is 0.500 bits per heavy atom. The predicted molar refractivity (Wildman–Crippen MR) is 272 cm³/mol. The lowest BCUT2D eigenvalue weighted by Gasteiger charge is -2.39. The Bertz CT molecular complexity index is 2600. The average molecular weight is 951 g/mol. The number of hydrogen-bond acceptors (Lipinski definition) is 6. The molecule has 0 aliphatic rings. The summed E-state index contributed by atoms with van der Waals surface area (Å²) in [7, 11) is -11.4. The van der Waals surface area contributed by atoms with Crippen LogP contribution in [0.5, 0.6) is 23.0 Å². The Kier molecular flexibility index (Phi) is 15.0. The van der Waals surface area contributed by atoms with E-state index >= 15 is 9.13 Å². The normalized spacial score (nSPS) is 12.0. The van der Waals surface area contributed by atoms with E-state index in [2.05, 4.69) is 9.34 Å². The van der Waals surface area contributed by atoms with Gasteiger partial charge >= 0.3 is 15.5 Å². The first-order valence-electron chi connectivity index (χ1n) is 21.3. The highest BCUT2D eigenvalue weighted by atomic mass is 31.2. The van der Waals surface area contributed by atoms with Crippen LogP contribution in [-0.2, 0) is 9.13 Å². The molecule has 0 unspecified atom stereocenters. The molecule has 0 aromatic heterocycles. The van der Waals surface area contributed by atoms with Gasteiger partial charge < -0.3 is 18.1 Å². The largest absolute Gasteiger partial charge is 0.563 e. The maximum Gasteiger partial charge on any atom is 0.563 e. The van der Waals surface area contributed by atoms with Crippen molar-refractivity contribution < 1.29 is 27.2 Å². The molecular formula is C52H50N4O6P4. The lowest BCUT2D eigenvalue weighted by atomic mass is 10.3. The number of nitrogens with zero attached hydrogens (tertiary/aromatic N) is 4. The van der Waals surface area contributed by atoms with Crippen molar-refractivity contribution in [1.29, 1.82) is 0 Å². The van der Waals surface area contributed by atoms with E-state index in [9.17, 15) is 0 Å². The lowest BCUT2D eigenvalue weighted by molar-refractivity contribution is 0.385. The van der Waals surface area contributed by atoms with Crippen LogP contribution in [0.25, 0.3) is 0 Å². The van der Waals surface area contributed by atoms with E-state index in [-0.39, 0.29) is 0 Å². The van der Waals surface area contributed by atoms with Crippen molar-refractivity contribution >= 4 is 51.1 Å². The van der Waals surface area contributed by atoms with E-state index in [1.54, 1.807) is 48.5 Å². The molecule has 0 atom stereocenters. The first kappa shape index (κ1) is 46.3. The van der Waals surface area contributed by atoms with Crippen LogP contribution < -0.4 is 39.3 Å². The van der Waals surface area contributed by atoms with Crippen molar-refractivity contribution in [3.8, 4) is 23.0 Å². The monoisotopic (exact) mass is 950 g/mol. The van der Waals surface area contributed by atoms with Crippen LogP contribution in [0, 0.1) is 0 Å². The molecule has 0 radical (unpaired) electrons. The third-order valence-corrected chi connectivity index (χ3v) is 22.6. The van der Waals surface area contributed by atoms with Gasteiger partial charge in [0.25, 0.3) is 0 Å². The molecule has 14 heteroatoms. The Labute approximate surface area is 387 Å². The van der Waals surface area contributed by atoms with Gasteiger partial charge in [-0.15, -0.1) is 0 Å². The molecule has 334 valence electrons. The highest BCUT2D eigenvalue weighted by Gasteiger charge is 2.41. The Balaban J connectivity index is 1.31. The number of rotatable bonds is 19. The van der Waals surface area contributed by atoms with Crippen LogP contribution in [-0.4, -0.2) is 36.5 Å². The SMILES string of the molecule is CN(CCN(C)P(=NP(=O)(Oc1ccccc1)Oc1ccccc1)(c1ccccc1)c1ccccc1)P(=NP(=O)(Oc1ccccc1)Oc1ccccc1)(c1ccccc1)c1ccccc1. The summed E-state index contributed by atoms with van der Waals surface area (Å²) in [4.78, 5) is 0. The zero-order chi connectivity index (χ0) is 45.7. The smallest absolute Gasteiger partial charge is 0.399 e. The second kappa shape index (κ2) is 21.4. The summed E-state index contributed by atoms with van der Waals surface area (Å²) >= 11 is 0. The van der Waals surface area contributed by atoms with Gasteiger partial charge in [0.1, 0.15) is 37.4 Å². The van der Waals surface area contributed by atoms with Gasteiger partial charge in [0.05, 0.1) is 0 Å². The molecule has 0 fully saturated rings. The molecule has 0 N–H and O–H groups in total. The topological polar surface area (TPSA) is 102 Å². The molecule has 0 saturated carbocycles. The van der Waals surface area contributed by atoms with Gasteiger partial charge in [-0.05, 0) is 62.6 Å². The molecule has 10 nitrogen and oxygen atoms in total. The van der Waals surface area contributed by atoms with Gasteiger partial charge in [-0.25, -0.2) is 9.13 Å². The summed E-state index contributed by atoms with van der Waals surface area (Å²) in [6, 6.07) is 75.4. The van der Waals surface area contributed by atoms with Crippen molar-refractivity contribution in [2.45, 2.75) is 0 Å². The molecule has 8 rings (SSSR count). The van der Waals surface area contributed by atoms with E-state index in [1.807, 2.05) is 208 Å². The fourth-order valence-electron chi connectivity index (χ4n) is 7.44. The van der Waals surface area contributed by atoms with Crippen LogP contribution in [0.3, 0.4) is 0 Å². The molecule has 0 spiro atoms. The summed E-state index contributed by atoms with van der Waals surface area (Å²) in [6.07, 6.45) is 0. The molecule has 8 aromatic carbocycles. The first-order chi connectivity index (χ1) is 32.2. The minimum atomic E-state index is -4.40. The highest BCUT2D eigenvalue weighted by molar-refractivity contribution is 7.83. The summed E-state index contributed by atoms with van der Waals surface area (Å²) in [6.45, 7) is 0.711. The molecule has 0 bridgehead atoms. The number of benzene rings is 8. The van der Waals surface area contributed by atoms with Gasteiger partial charge in [0.15, 0.2) is 0 Å². The molecule has 0 aliphatic carbocycles. The first-order valence-corrected chi connectivity index (χ1v) is 27.7. The van der Waals surface area contributed by atoms with Crippen molar-refractivity contribution in [2.75, 3.05) is 27.2 Å². The minimum Gasteiger partial charge on any atom is -0.399 e. The van der Waals surface area contributed by atoms with Crippen LogP contribution in [0.4, 0.5) is 0 Å². The molecule has 0 aliphatic heterocycles. The summed E-state index contributed by atoms with van der Waals surface area (Å²) in [5, 5.41) is 3.35. The van der Waals surface area contributed by atoms with Crippen molar-refractivity contribution in [3.05, 3.63) is 243 Å². The number of likely N-dealkylation sites (N-methyl/N-ethyl adjacent to an activating group) is 2. The van der Waals surface area contributed by atoms with Crippen molar-refractivity contribution in [1.82, 2.24) is 9.34 Å². The zero-order valence-electron chi connectivity index (χ0n) is 36.5. The Morgan fingerprint density at radius 3 is 0.697 bits per heavy atom. The molecule has 0 amide bonds. The van der Waals surface area contributed by atoms with Crippen molar-refractivity contribution in [2.24, 2.45) is 9.03 Å². The van der Waals surface area contributed by atoms with Crippen LogP contribution >= 0.6 is 29.9 Å². The number of para-hydroxylation sites is 4. The second-order valence-electron chi connectivity index (χ2n) is 15.0. The van der Waals surface area contributed by atoms with Crippen LogP contribution in [0.15, 0.2) is 252 Å². The summed E-state index contributed by atoms with van der Waals surface area (Å²) < 4.78 is 72.0. The van der Waals surface area contributed by atoms with E-state index < -0.39 is 29.9 Å². The van der Waals surface area contributed by atoms with Crippen LogP contribution in [0.1, 0.15) is 0 Å². The maximum atomic E-state index is 15.7. The lowest BCUT2D eigenvalue weighted by Crippen LogP contribution is -2.37. The minimum absolute atomic E-state index is 0.351. The fourth-order valence-corrected chi connectivity index (χ4v) is 20.2. The quantitative estimate of drug-likeness (QED) is 0.0739. The standard InChI is InChI=1S/C52H50N4O6P4/c1-55(63(49-35-19-7-20-36-49,50-37-21-8-22-38-50)53-65(57,59-45-27-11-3-12-28-45)60-46-29-13-4-14-30-46)43-44-56(2)64(51-39-23-9-24-40-51,52-41-25-10-26-42-52)54-66(58,61-47-31-15-5-16-32-47)62-48-33-17-6-18-34-48/h3-42H,43-44H2,1-2H3. The summed E-state index contributed by atoms with van der Waals surface area (Å²) in [5.74, 6) is 1.40. The Hall–Kier alpha value is -6.20. The summed E-state index contributed by atoms with van der Waals surface area (Å²) in [5.41, 5.74) is 0. The zero-order valence-corrected chi connectivity index (χ0v) is 40.1. The second-order valence-corrected chi connectivity index (χ2v) is 24.9. The van der Waals surface area contributed by atoms with Gasteiger partial charge in [0.2, 0.25) is 0 Å². The van der Waals surface area contributed by atoms with Gasteiger partial charge in [-0.2, -0.15) is 9.03 Å². The average Bonchev–Trinajstić information content (AvgIpc) is 3.36. The molecule has 0 saturated heterocycles. The van der Waals surface area contributed by atoms with E-state index in [1.165, 1.54) is 0 Å². The fraction of sp³-hybridized carbons (Fsp3) is 0.0769. The van der Waals surface area contributed by atoms with E-state index in [0.29, 0.717) is 36.1 Å².